The second-order valence-corrected chi connectivity index (χ2v) is 6.61. The Hall–Kier alpha value is -0.220. The summed E-state index contributed by atoms with van der Waals surface area (Å²) in [5.41, 5.74) is 0.174. The molecule has 0 heterocycles. The number of thiol groups is 1. The zero-order valence-corrected chi connectivity index (χ0v) is 13.5. The normalized spacial score (nSPS) is 18.9. The van der Waals surface area contributed by atoms with Gasteiger partial charge in [-0.1, -0.05) is 25.7 Å². The fourth-order valence-corrected chi connectivity index (χ4v) is 3.52. The highest BCUT2D eigenvalue weighted by molar-refractivity contribution is 9.10. The smallest absolute Gasteiger partial charge is 0.133 e. The third kappa shape index (κ3) is 4.12. The molecule has 1 aromatic rings. The number of hydrogen-bond acceptors (Lipinski definition) is 2. The lowest BCUT2D eigenvalue weighted by Crippen LogP contribution is -2.30. The van der Waals surface area contributed by atoms with E-state index >= 15 is 0 Å². The summed E-state index contributed by atoms with van der Waals surface area (Å²) in [6, 6.07) is 4.55. The molecule has 0 saturated heterocycles. The summed E-state index contributed by atoms with van der Waals surface area (Å²) in [7, 11) is 0. The second kappa shape index (κ2) is 6.98. The van der Waals surface area contributed by atoms with Crippen LogP contribution in [0.3, 0.4) is 0 Å². The van der Waals surface area contributed by atoms with Crippen molar-refractivity contribution in [1.82, 2.24) is 0 Å². The summed E-state index contributed by atoms with van der Waals surface area (Å²) in [6.45, 7) is 0.667. The van der Waals surface area contributed by atoms with Crippen LogP contribution in [0.25, 0.3) is 0 Å². The summed E-state index contributed by atoms with van der Waals surface area (Å²) >= 11 is 7.88. The predicted octanol–water partition coefficient (Wildman–Crippen LogP) is 5.24. The van der Waals surface area contributed by atoms with Gasteiger partial charge in [-0.3, -0.25) is 0 Å². The minimum Gasteiger partial charge on any atom is -0.492 e. The second-order valence-electron chi connectivity index (χ2n) is 5.44. The molecule has 106 valence electrons. The summed E-state index contributed by atoms with van der Waals surface area (Å²) in [4.78, 5) is 0. The third-order valence-corrected chi connectivity index (χ3v) is 5.22. The minimum atomic E-state index is -0.252. The van der Waals surface area contributed by atoms with Gasteiger partial charge in [-0.15, -0.1) is 0 Å². The van der Waals surface area contributed by atoms with Gasteiger partial charge in [-0.25, -0.2) is 4.39 Å². The molecule has 0 radical (unpaired) electrons. The SMILES string of the molecule is Fc1ccc(OCC2(CS)CCCCCC2)c(Br)c1. The van der Waals surface area contributed by atoms with E-state index in [0.29, 0.717) is 16.8 Å². The Morgan fingerprint density at radius 3 is 2.47 bits per heavy atom. The van der Waals surface area contributed by atoms with Gasteiger partial charge in [0.1, 0.15) is 11.6 Å². The Morgan fingerprint density at radius 2 is 1.89 bits per heavy atom. The van der Waals surface area contributed by atoms with Gasteiger partial charge >= 0.3 is 0 Å². The fourth-order valence-electron chi connectivity index (χ4n) is 2.65. The van der Waals surface area contributed by atoms with E-state index in [-0.39, 0.29) is 11.2 Å². The van der Waals surface area contributed by atoms with E-state index in [1.54, 1.807) is 6.07 Å². The van der Waals surface area contributed by atoms with Crippen molar-refractivity contribution >= 4 is 28.6 Å². The van der Waals surface area contributed by atoms with E-state index in [2.05, 4.69) is 28.6 Å². The van der Waals surface area contributed by atoms with E-state index in [1.165, 1.54) is 50.7 Å². The molecule has 0 aliphatic heterocycles. The van der Waals surface area contributed by atoms with Crippen molar-refractivity contribution in [1.29, 1.82) is 0 Å². The lowest BCUT2D eigenvalue weighted by molar-refractivity contribution is 0.147. The average Bonchev–Trinajstić information content (AvgIpc) is 2.64. The van der Waals surface area contributed by atoms with Crippen LogP contribution < -0.4 is 4.74 Å². The van der Waals surface area contributed by atoms with Gasteiger partial charge in [0.15, 0.2) is 0 Å². The number of ether oxygens (including phenoxy) is 1. The van der Waals surface area contributed by atoms with Crippen molar-refractivity contribution in [2.75, 3.05) is 12.4 Å². The van der Waals surface area contributed by atoms with Crippen LogP contribution in [0.2, 0.25) is 0 Å². The van der Waals surface area contributed by atoms with E-state index in [1.807, 2.05) is 0 Å². The molecule has 1 saturated carbocycles. The molecular formula is C15H20BrFOS. The number of halogens is 2. The molecule has 0 unspecified atom stereocenters. The maximum atomic E-state index is 13.0. The van der Waals surface area contributed by atoms with Crippen molar-refractivity contribution in [3.8, 4) is 5.75 Å². The molecule has 0 N–H and O–H groups in total. The largest absolute Gasteiger partial charge is 0.492 e. The third-order valence-electron chi connectivity index (χ3n) is 3.93. The Balaban J connectivity index is 2.02. The molecule has 1 aliphatic rings. The van der Waals surface area contributed by atoms with Crippen LogP contribution in [0.15, 0.2) is 22.7 Å². The molecule has 0 atom stereocenters. The highest BCUT2D eigenvalue weighted by atomic mass is 79.9. The molecule has 1 fully saturated rings. The Bertz CT molecular complexity index is 417. The van der Waals surface area contributed by atoms with Crippen LogP contribution in [0, 0.1) is 11.2 Å². The van der Waals surface area contributed by atoms with Gasteiger partial charge in [0, 0.05) is 5.41 Å². The molecule has 0 spiro atoms. The quantitative estimate of drug-likeness (QED) is 0.579. The van der Waals surface area contributed by atoms with Crippen LogP contribution in [-0.4, -0.2) is 12.4 Å². The van der Waals surface area contributed by atoms with Gasteiger partial charge in [0.25, 0.3) is 0 Å². The summed E-state index contributed by atoms with van der Waals surface area (Å²) in [5.74, 6) is 1.32. The molecule has 0 amide bonds. The lowest BCUT2D eigenvalue weighted by Gasteiger charge is -2.31. The Labute approximate surface area is 128 Å². The molecule has 1 aromatic carbocycles. The monoisotopic (exact) mass is 346 g/mol. The maximum Gasteiger partial charge on any atom is 0.133 e. The van der Waals surface area contributed by atoms with E-state index in [0.717, 1.165) is 5.75 Å². The van der Waals surface area contributed by atoms with E-state index in [4.69, 9.17) is 4.74 Å². The highest BCUT2D eigenvalue weighted by Crippen LogP contribution is 2.37. The Morgan fingerprint density at radius 1 is 1.21 bits per heavy atom. The van der Waals surface area contributed by atoms with Gasteiger partial charge in [-0.05, 0) is 52.7 Å². The zero-order valence-electron chi connectivity index (χ0n) is 11.0. The molecule has 19 heavy (non-hydrogen) atoms. The standard InChI is InChI=1S/C15H20BrFOS/c16-13-9-12(17)5-6-14(13)18-10-15(11-19)7-3-1-2-4-8-15/h5-6,9,19H,1-4,7-8,10-11H2. The molecule has 0 aromatic heterocycles. The number of hydrogen-bond donors (Lipinski definition) is 1. The van der Waals surface area contributed by atoms with Crippen LogP contribution >= 0.6 is 28.6 Å². The summed E-state index contributed by atoms with van der Waals surface area (Å²) in [6.07, 6.45) is 7.50. The van der Waals surface area contributed by atoms with Crippen molar-refractivity contribution in [3.63, 3.8) is 0 Å². The van der Waals surface area contributed by atoms with Crippen molar-refractivity contribution in [2.45, 2.75) is 38.5 Å². The average molecular weight is 347 g/mol. The molecule has 1 aliphatic carbocycles. The van der Waals surface area contributed by atoms with E-state index < -0.39 is 0 Å². The fraction of sp³-hybridized carbons (Fsp3) is 0.600. The van der Waals surface area contributed by atoms with Gasteiger partial charge in [0.05, 0.1) is 11.1 Å². The van der Waals surface area contributed by atoms with Gasteiger partial charge in [0.2, 0.25) is 0 Å². The van der Waals surface area contributed by atoms with Crippen LogP contribution in [0.1, 0.15) is 38.5 Å². The minimum absolute atomic E-state index is 0.174. The van der Waals surface area contributed by atoms with Crippen molar-refractivity contribution < 1.29 is 9.13 Å². The molecular weight excluding hydrogens is 327 g/mol. The van der Waals surface area contributed by atoms with Crippen LogP contribution in [-0.2, 0) is 0 Å². The Kier molecular flexibility index (Phi) is 5.58. The summed E-state index contributed by atoms with van der Waals surface area (Å²) < 4.78 is 19.6. The first kappa shape index (κ1) is 15.2. The first-order chi connectivity index (χ1) is 9.15. The zero-order chi connectivity index (χ0) is 13.7. The van der Waals surface area contributed by atoms with Crippen LogP contribution in [0.4, 0.5) is 4.39 Å². The maximum absolute atomic E-state index is 13.0. The van der Waals surface area contributed by atoms with Crippen LogP contribution in [0.5, 0.6) is 5.75 Å². The predicted molar refractivity (Wildman–Crippen MR) is 83.6 cm³/mol. The summed E-state index contributed by atoms with van der Waals surface area (Å²) in [5, 5.41) is 0. The topological polar surface area (TPSA) is 9.23 Å². The highest BCUT2D eigenvalue weighted by Gasteiger charge is 2.30. The first-order valence-electron chi connectivity index (χ1n) is 6.84. The van der Waals surface area contributed by atoms with Gasteiger partial charge < -0.3 is 4.74 Å². The van der Waals surface area contributed by atoms with Crippen molar-refractivity contribution in [3.05, 3.63) is 28.5 Å². The first-order valence-corrected chi connectivity index (χ1v) is 8.26. The number of rotatable bonds is 4. The molecule has 1 nitrogen and oxygen atoms in total. The molecule has 0 bridgehead atoms. The van der Waals surface area contributed by atoms with Gasteiger partial charge in [-0.2, -0.15) is 12.6 Å². The lowest BCUT2D eigenvalue weighted by atomic mass is 9.83. The number of benzene rings is 1. The van der Waals surface area contributed by atoms with E-state index in [9.17, 15) is 4.39 Å². The molecule has 2 rings (SSSR count). The van der Waals surface area contributed by atoms with Crippen molar-refractivity contribution in [2.24, 2.45) is 5.41 Å². The molecule has 4 heteroatoms.